The van der Waals surface area contributed by atoms with E-state index in [-0.39, 0.29) is 31.1 Å². The van der Waals surface area contributed by atoms with Crippen LogP contribution in [0, 0.1) is 0 Å². The van der Waals surface area contributed by atoms with Gasteiger partial charge in [0, 0.05) is 18.7 Å². The van der Waals surface area contributed by atoms with Crippen LogP contribution in [0.4, 0.5) is 5.69 Å². The fourth-order valence-corrected chi connectivity index (χ4v) is 4.31. The third-order valence-corrected chi connectivity index (χ3v) is 5.83. The van der Waals surface area contributed by atoms with Gasteiger partial charge < -0.3 is 5.32 Å². The Hall–Kier alpha value is -2.24. The van der Waals surface area contributed by atoms with Crippen LogP contribution in [0.25, 0.3) is 12.2 Å². The molecule has 2 aromatic carbocycles. The lowest BCUT2D eigenvalue weighted by molar-refractivity contribution is -0.116. The molecule has 2 rings (SSSR count). The van der Waals surface area contributed by atoms with Gasteiger partial charge in [0.05, 0.1) is 12.2 Å². The van der Waals surface area contributed by atoms with Gasteiger partial charge in [-0.3, -0.25) is 13.8 Å². The van der Waals surface area contributed by atoms with Crippen LogP contribution >= 0.6 is 7.75 Å². The molecule has 0 aliphatic heterocycles. The molecule has 162 valence electrons. The van der Waals surface area contributed by atoms with Gasteiger partial charge in [0.25, 0.3) is 0 Å². The predicted octanol–water partition coefficient (Wildman–Crippen LogP) is 5.73. The van der Waals surface area contributed by atoms with Gasteiger partial charge in [-0.1, -0.05) is 54.6 Å². The first-order chi connectivity index (χ1) is 14.3. The highest BCUT2D eigenvalue weighted by Gasteiger charge is 2.27. The lowest BCUT2D eigenvalue weighted by Gasteiger charge is -2.23. The molecular formula is C23H31N2O4P. The van der Waals surface area contributed by atoms with E-state index < -0.39 is 7.75 Å². The molecule has 0 spiro atoms. The topological polar surface area (TPSA) is 76.7 Å². The summed E-state index contributed by atoms with van der Waals surface area (Å²) in [5.74, 6) is -0.185. The number of rotatable bonds is 11. The van der Waals surface area contributed by atoms with Crippen LogP contribution in [0.1, 0.15) is 45.2 Å². The Bertz CT molecular complexity index is 851. The van der Waals surface area contributed by atoms with E-state index >= 15 is 0 Å². The zero-order chi connectivity index (χ0) is 22.0. The van der Waals surface area contributed by atoms with Crippen molar-refractivity contribution in [1.82, 2.24) is 5.09 Å². The van der Waals surface area contributed by atoms with Crippen molar-refractivity contribution in [2.24, 2.45) is 0 Å². The summed E-state index contributed by atoms with van der Waals surface area (Å²) in [4.78, 5) is 12.2. The molecule has 0 heterocycles. The molecule has 30 heavy (non-hydrogen) atoms. The number of amides is 1. The van der Waals surface area contributed by atoms with Gasteiger partial charge in [-0.2, -0.15) is 0 Å². The Labute approximate surface area is 179 Å². The van der Waals surface area contributed by atoms with E-state index in [9.17, 15) is 9.36 Å². The minimum Gasteiger partial charge on any atom is -0.326 e. The summed E-state index contributed by atoms with van der Waals surface area (Å²) in [7, 11) is -3.45. The quantitative estimate of drug-likeness (QED) is 0.351. The zero-order valence-corrected chi connectivity index (χ0v) is 18.9. The third kappa shape index (κ3) is 9.06. The van der Waals surface area contributed by atoms with Crippen molar-refractivity contribution in [3.05, 3.63) is 65.7 Å². The van der Waals surface area contributed by atoms with E-state index in [2.05, 4.69) is 10.4 Å². The maximum Gasteiger partial charge on any atom is 0.406 e. The molecule has 0 unspecified atom stereocenters. The van der Waals surface area contributed by atoms with Crippen molar-refractivity contribution < 1.29 is 18.4 Å². The molecule has 2 aromatic rings. The van der Waals surface area contributed by atoms with E-state index in [1.807, 2.05) is 66.7 Å². The van der Waals surface area contributed by atoms with E-state index in [4.69, 9.17) is 9.05 Å². The number of hydrogen-bond donors (Lipinski definition) is 2. The van der Waals surface area contributed by atoms with Crippen molar-refractivity contribution in [1.29, 1.82) is 0 Å². The second kappa shape index (κ2) is 11.8. The first kappa shape index (κ1) is 24.0. The molecule has 0 aliphatic carbocycles. The Kier molecular flexibility index (Phi) is 9.47. The molecule has 0 atom stereocenters. The average Bonchev–Trinajstić information content (AvgIpc) is 2.67. The molecule has 1 amide bonds. The van der Waals surface area contributed by atoms with E-state index in [0.717, 1.165) is 11.1 Å². The maximum atomic E-state index is 12.7. The standard InChI is InChI=1S/C23H31N2O4P/c1-18(2)28-30(27,29-19(3)4)24-17-16-23(26)25-22-14-12-21(13-15-22)11-10-20-8-6-5-7-9-20/h5-15,18-19H,16-17H2,1-4H3,(H,24,27)(H,25,26)/b11-10+. The van der Waals surface area contributed by atoms with Crippen LogP contribution < -0.4 is 10.4 Å². The lowest BCUT2D eigenvalue weighted by Crippen LogP contribution is -2.24. The van der Waals surface area contributed by atoms with Crippen LogP contribution in [-0.4, -0.2) is 24.7 Å². The first-order valence-corrected chi connectivity index (χ1v) is 11.6. The Balaban J connectivity index is 1.83. The number of carbonyl (C=O) groups excluding carboxylic acids is 1. The summed E-state index contributed by atoms with van der Waals surface area (Å²) in [5.41, 5.74) is 2.87. The van der Waals surface area contributed by atoms with Crippen LogP contribution in [0.5, 0.6) is 0 Å². The Morgan fingerprint density at radius 2 is 1.43 bits per heavy atom. The van der Waals surface area contributed by atoms with Gasteiger partial charge in [0.2, 0.25) is 5.91 Å². The molecular weight excluding hydrogens is 399 g/mol. The maximum absolute atomic E-state index is 12.7. The van der Waals surface area contributed by atoms with Gasteiger partial charge >= 0.3 is 7.75 Å². The third-order valence-electron chi connectivity index (χ3n) is 3.82. The van der Waals surface area contributed by atoms with Crippen LogP contribution in [0.2, 0.25) is 0 Å². The second-order valence-corrected chi connectivity index (χ2v) is 9.11. The minimum absolute atomic E-state index is 0.141. The van der Waals surface area contributed by atoms with Gasteiger partial charge in [0.1, 0.15) is 0 Å². The van der Waals surface area contributed by atoms with Gasteiger partial charge in [0.15, 0.2) is 0 Å². The number of nitrogens with one attached hydrogen (secondary N) is 2. The van der Waals surface area contributed by atoms with Crippen LogP contribution in [-0.2, 0) is 18.4 Å². The predicted molar refractivity (Wildman–Crippen MR) is 123 cm³/mol. The monoisotopic (exact) mass is 430 g/mol. The highest BCUT2D eigenvalue weighted by Crippen LogP contribution is 2.46. The largest absolute Gasteiger partial charge is 0.406 e. The Morgan fingerprint density at radius 1 is 0.900 bits per heavy atom. The molecule has 0 aliphatic rings. The molecule has 0 fully saturated rings. The number of anilines is 1. The lowest BCUT2D eigenvalue weighted by atomic mass is 10.1. The van der Waals surface area contributed by atoms with Crippen molar-refractivity contribution >= 4 is 31.5 Å². The summed E-state index contributed by atoms with van der Waals surface area (Å²) in [6.07, 6.45) is 3.68. The SMILES string of the molecule is CC(C)OP(=O)(NCCC(=O)Nc1ccc(/C=C/c2ccccc2)cc1)OC(C)C. The molecule has 0 bridgehead atoms. The van der Waals surface area contributed by atoms with Crippen molar-refractivity contribution in [2.75, 3.05) is 11.9 Å². The van der Waals surface area contributed by atoms with Crippen molar-refractivity contribution in [3.63, 3.8) is 0 Å². The summed E-state index contributed by atoms with van der Waals surface area (Å²) < 4.78 is 23.5. The minimum atomic E-state index is -3.45. The number of carbonyl (C=O) groups is 1. The summed E-state index contributed by atoms with van der Waals surface area (Å²) >= 11 is 0. The van der Waals surface area contributed by atoms with Gasteiger partial charge in [-0.25, -0.2) is 9.65 Å². The molecule has 0 saturated heterocycles. The summed E-state index contributed by atoms with van der Waals surface area (Å²) in [6, 6.07) is 17.6. The molecule has 6 nitrogen and oxygen atoms in total. The number of hydrogen-bond acceptors (Lipinski definition) is 4. The second-order valence-electron chi connectivity index (χ2n) is 7.38. The molecule has 7 heteroatoms. The fourth-order valence-electron chi connectivity index (χ4n) is 2.62. The fraction of sp³-hybridized carbons (Fsp3) is 0.348. The van der Waals surface area contributed by atoms with E-state index in [1.165, 1.54) is 0 Å². The van der Waals surface area contributed by atoms with E-state index in [1.54, 1.807) is 27.7 Å². The smallest absolute Gasteiger partial charge is 0.326 e. The molecule has 0 aromatic heterocycles. The van der Waals surface area contributed by atoms with Crippen molar-refractivity contribution in [2.45, 2.75) is 46.3 Å². The average molecular weight is 430 g/mol. The first-order valence-electron chi connectivity index (χ1n) is 10.1. The van der Waals surface area contributed by atoms with Gasteiger partial charge in [-0.05, 0) is 51.0 Å². The van der Waals surface area contributed by atoms with Crippen molar-refractivity contribution in [3.8, 4) is 0 Å². The Morgan fingerprint density at radius 3 is 1.97 bits per heavy atom. The highest BCUT2D eigenvalue weighted by molar-refractivity contribution is 7.51. The zero-order valence-electron chi connectivity index (χ0n) is 18.0. The van der Waals surface area contributed by atoms with E-state index in [0.29, 0.717) is 5.69 Å². The highest BCUT2D eigenvalue weighted by atomic mass is 31.2. The molecule has 2 N–H and O–H groups in total. The van der Waals surface area contributed by atoms with Crippen LogP contribution in [0.15, 0.2) is 54.6 Å². The summed E-state index contributed by atoms with van der Waals surface area (Å²) in [6.45, 7) is 7.31. The molecule has 0 saturated carbocycles. The molecule has 0 radical (unpaired) electrons. The summed E-state index contributed by atoms with van der Waals surface area (Å²) in [5, 5.41) is 5.59. The van der Waals surface area contributed by atoms with Gasteiger partial charge in [-0.15, -0.1) is 0 Å². The normalized spacial score (nSPS) is 12.1. The number of benzene rings is 2. The van der Waals surface area contributed by atoms with Crippen LogP contribution in [0.3, 0.4) is 0 Å².